The van der Waals surface area contributed by atoms with Gasteiger partial charge in [0.2, 0.25) is 0 Å². The molecule has 0 atom stereocenters. The fourth-order valence-corrected chi connectivity index (χ4v) is 4.12. The minimum atomic E-state index is 0.314. The van der Waals surface area contributed by atoms with E-state index in [-0.39, 0.29) is 0 Å². The monoisotopic (exact) mass is 427 g/mol. The standard InChI is InChI=1S/C9H5Br3ClN3/c10-5-1-6(11)9(7(12)2-5)16-4-14-15-8(16)3-13/h1-2,4H,3H2. The molecule has 0 N–H and O–H groups in total. The average Bonchev–Trinajstić information content (AvgIpc) is 2.64. The van der Waals surface area contributed by atoms with Crippen molar-refractivity contribution in [2.45, 2.75) is 5.88 Å². The second-order valence-electron chi connectivity index (χ2n) is 2.97. The highest BCUT2D eigenvalue weighted by molar-refractivity contribution is 9.11. The zero-order valence-corrected chi connectivity index (χ0v) is 13.3. The molecule has 3 nitrogen and oxygen atoms in total. The van der Waals surface area contributed by atoms with Crippen LogP contribution in [0.4, 0.5) is 0 Å². The first kappa shape index (κ1) is 12.5. The predicted molar refractivity (Wildman–Crippen MR) is 74.0 cm³/mol. The summed E-state index contributed by atoms with van der Waals surface area (Å²) in [6.45, 7) is 0. The van der Waals surface area contributed by atoms with Gasteiger partial charge in [-0.1, -0.05) is 15.9 Å². The third kappa shape index (κ3) is 2.34. The van der Waals surface area contributed by atoms with Crippen molar-refractivity contribution in [3.05, 3.63) is 37.7 Å². The van der Waals surface area contributed by atoms with Crippen molar-refractivity contribution >= 4 is 59.4 Å². The molecule has 84 valence electrons. The Morgan fingerprint density at radius 3 is 2.38 bits per heavy atom. The van der Waals surface area contributed by atoms with Crippen molar-refractivity contribution in [1.82, 2.24) is 14.8 Å². The van der Waals surface area contributed by atoms with E-state index < -0.39 is 0 Å². The number of hydrogen-bond donors (Lipinski definition) is 0. The quantitative estimate of drug-likeness (QED) is 0.666. The van der Waals surface area contributed by atoms with Gasteiger partial charge in [-0.05, 0) is 44.0 Å². The third-order valence-corrected chi connectivity index (χ3v) is 3.87. The van der Waals surface area contributed by atoms with Crippen molar-refractivity contribution < 1.29 is 0 Å². The summed E-state index contributed by atoms with van der Waals surface area (Å²) in [6.07, 6.45) is 1.64. The van der Waals surface area contributed by atoms with Crippen LogP contribution >= 0.6 is 59.4 Å². The maximum Gasteiger partial charge on any atom is 0.152 e. The van der Waals surface area contributed by atoms with Gasteiger partial charge < -0.3 is 0 Å². The largest absolute Gasteiger partial charge is 0.282 e. The summed E-state index contributed by atoms with van der Waals surface area (Å²) in [5, 5.41) is 7.79. The summed E-state index contributed by atoms with van der Waals surface area (Å²) < 4.78 is 4.68. The molecule has 0 saturated heterocycles. The number of rotatable bonds is 2. The summed E-state index contributed by atoms with van der Waals surface area (Å²) in [5.41, 5.74) is 0.934. The Balaban J connectivity index is 2.64. The van der Waals surface area contributed by atoms with E-state index in [0.29, 0.717) is 11.7 Å². The van der Waals surface area contributed by atoms with E-state index in [9.17, 15) is 0 Å². The van der Waals surface area contributed by atoms with Gasteiger partial charge in [-0.25, -0.2) is 0 Å². The minimum absolute atomic E-state index is 0.314. The van der Waals surface area contributed by atoms with Crippen molar-refractivity contribution in [3.63, 3.8) is 0 Å². The number of halogens is 4. The summed E-state index contributed by atoms with van der Waals surface area (Å²) in [6, 6.07) is 3.91. The lowest BCUT2D eigenvalue weighted by Crippen LogP contribution is -2.00. The van der Waals surface area contributed by atoms with E-state index in [2.05, 4.69) is 58.0 Å². The van der Waals surface area contributed by atoms with Crippen LogP contribution in [0.5, 0.6) is 0 Å². The van der Waals surface area contributed by atoms with Gasteiger partial charge in [-0.2, -0.15) is 0 Å². The zero-order chi connectivity index (χ0) is 11.7. The topological polar surface area (TPSA) is 30.7 Å². The Labute approximate surface area is 123 Å². The van der Waals surface area contributed by atoms with Gasteiger partial charge in [0.05, 0.1) is 11.6 Å². The molecular formula is C9H5Br3ClN3. The highest BCUT2D eigenvalue weighted by Crippen LogP contribution is 2.33. The molecule has 0 unspecified atom stereocenters. The van der Waals surface area contributed by atoms with E-state index in [4.69, 9.17) is 11.6 Å². The predicted octanol–water partition coefficient (Wildman–Crippen LogP) is 4.29. The van der Waals surface area contributed by atoms with Crippen LogP contribution in [0.2, 0.25) is 0 Å². The Morgan fingerprint density at radius 1 is 1.19 bits per heavy atom. The molecule has 0 fully saturated rings. The molecule has 1 heterocycles. The van der Waals surface area contributed by atoms with Gasteiger partial charge in [-0.15, -0.1) is 21.8 Å². The lowest BCUT2D eigenvalue weighted by molar-refractivity contribution is 0.942. The molecule has 0 aliphatic rings. The maximum absolute atomic E-state index is 5.80. The average molecular weight is 430 g/mol. The molecule has 16 heavy (non-hydrogen) atoms. The summed E-state index contributed by atoms with van der Waals surface area (Å²) in [7, 11) is 0. The van der Waals surface area contributed by atoms with Crippen LogP contribution in [0.25, 0.3) is 5.69 Å². The van der Waals surface area contributed by atoms with Crippen molar-refractivity contribution in [3.8, 4) is 5.69 Å². The lowest BCUT2D eigenvalue weighted by Gasteiger charge is -2.10. The Bertz CT molecular complexity index is 503. The first-order valence-electron chi connectivity index (χ1n) is 4.23. The van der Waals surface area contributed by atoms with Crippen LogP contribution in [0.15, 0.2) is 31.9 Å². The number of nitrogens with zero attached hydrogens (tertiary/aromatic N) is 3. The summed E-state index contributed by atoms with van der Waals surface area (Å²) in [5.74, 6) is 1.01. The fourth-order valence-electron chi connectivity index (χ4n) is 1.30. The van der Waals surface area contributed by atoms with Gasteiger partial charge in [0.1, 0.15) is 6.33 Å². The molecular weight excluding hydrogens is 425 g/mol. The van der Waals surface area contributed by atoms with E-state index in [1.807, 2.05) is 16.7 Å². The molecule has 1 aromatic carbocycles. The smallest absolute Gasteiger partial charge is 0.152 e. The van der Waals surface area contributed by atoms with Crippen molar-refractivity contribution in [2.75, 3.05) is 0 Å². The highest BCUT2D eigenvalue weighted by Gasteiger charge is 2.12. The van der Waals surface area contributed by atoms with Crippen molar-refractivity contribution in [1.29, 1.82) is 0 Å². The van der Waals surface area contributed by atoms with Crippen LogP contribution in [0.3, 0.4) is 0 Å². The van der Waals surface area contributed by atoms with E-state index in [0.717, 1.165) is 19.1 Å². The molecule has 0 aliphatic carbocycles. The Hall–Kier alpha value is 0.0900. The molecule has 7 heteroatoms. The van der Waals surface area contributed by atoms with E-state index in [1.54, 1.807) is 6.33 Å². The van der Waals surface area contributed by atoms with E-state index >= 15 is 0 Å². The van der Waals surface area contributed by atoms with Crippen LogP contribution in [-0.2, 0) is 5.88 Å². The highest BCUT2D eigenvalue weighted by atomic mass is 79.9. The SMILES string of the molecule is ClCc1nncn1-c1c(Br)cc(Br)cc1Br. The molecule has 0 bridgehead atoms. The maximum atomic E-state index is 5.80. The Kier molecular flexibility index (Phi) is 4.05. The van der Waals surface area contributed by atoms with Crippen LogP contribution in [-0.4, -0.2) is 14.8 Å². The van der Waals surface area contributed by atoms with Gasteiger partial charge in [0.15, 0.2) is 5.82 Å². The van der Waals surface area contributed by atoms with Gasteiger partial charge >= 0.3 is 0 Å². The first-order valence-corrected chi connectivity index (χ1v) is 7.14. The number of hydrogen-bond acceptors (Lipinski definition) is 2. The number of benzene rings is 1. The van der Waals surface area contributed by atoms with Gasteiger partial charge in [0, 0.05) is 13.4 Å². The molecule has 0 spiro atoms. The lowest BCUT2D eigenvalue weighted by atomic mass is 10.3. The zero-order valence-electron chi connectivity index (χ0n) is 7.79. The third-order valence-electron chi connectivity index (χ3n) is 1.96. The molecule has 2 rings (SSSR count). The molecule has 0 amide bonds. The summed E-state index contributed by atoms with van der Waals surface area (Å²) >= 11 is 16.2. The molecule has 2 aromatic rings. The van der Waals surface area contributed by atoms with Crippen molar-refractivity contribution in [2.24, 2.45) is 0 Å². The van der Waals surface area contributed by atoms with Gasteiger partial charge in [0.25, 0.3) is 0 Å². The van der Waals surface area contributed by atoms with E-state index in [1.165, 1.54) is 0 Å². The normalized spacial score (nSPS) is 10.8. The van der Waals surface area contributed by atoms with Crippen LogP contribution < -0.4 is 0 Å². The first-order chi connectivity index (χ1) is 7.63. The van der Waals surface area contributed by atoms with Gasteiger partial charge in [-0.3, -0.25) is 4.57 Å². The molecule has 0 saturated carbocycles. The number of aromatic nitrogens is 3. The van der Waals surface area contributed by atoms with Crippen LogP contribution in [0.1, 0.15) is 5.82 Å². The Morgan fingerprint density at radius 2 is 1.81 bits per heavy atom. The second-order valence-corrected chi connectivity index (χ2v) is 5.86. The molecule has 0 aliphatic heterocycles. The summed E-state index contributed by atoms with van der Waals surface area (Å²) in [4.78, 5) is 0. The minimum Gasteiger partial charge on any atom is -0.282 e. The fraction of sp³-hybridized carbons (Fsp3) is 0.111. The number of alkyl halides is 1. The second kappa shape index (κ2) is 5.16. The van der Waals surface area contributed by atoms with Crippen LogP contribution in [0, 0.1) is 0 Å². The molecule has 0 radical (unpaired) electrons. The molecule has 1 aromatic heterocycles.